The maximum atomic E-state index is 12.9. The maximum absolute atomic E-state index is 12.9. The quantitative estimate of drug-likeness (QED) is 0.573. The number of aromatic nitrogens is 2. The fourth-order valence-electron chi connectivity index (χ4n) is 3.23. The van der Waals surface area contributed by atoms with Crippen LogP contribution in [0.2, 0.25) is 0 Å². The van der Waals surface area contributed by atoms with Crippen LogP contribution in [-0.4, -0.2) is 28.2 Å². The van der Waals surface area contributed by atoms with Crippen molar-refractivity contribution in [3.05, 3.63) is 90.0 Å². The molecule has 5 heteroatoms. The van der Waals surface area contributed by atoms with Gasteiger partial charge in [-0.15, -0.1) is 0 Å². The second-order valence-electron chi connectivity index (χ2n) is 6.85. The Hall–Kier alpha value is -3.21. The molecule has 2 atom stereocenters. The van der Waals surface area contributed by atoms with E-state index in [-0.39, 0.29) is 11.8 Å². The Morgan fingerprint density at radius 3 is 2.29 bits per heavy atom. The van der Waals surface area contributed by atoms with E-state index in [0.29, 0.717) is 19.3 Å². The van der Waals surface area contributed by atoms with Crippen molar-refractivity contribution in [2.75, 3.05) is 0 Å². The molecule has 5 nitrogen and oxygen atoms in total. The van der Waals surface area contributed by atoms with Crippen LogP contribution in [0, 0.1) is 5.92 Å². The molecule has 0 saturated heterocycles. The number of amides is 1. The molecular formula is C23H24N3O2. The van der Waals surface area contributed by atoms with Crippen LogP contribution in [0.5, 0.6) is 0 Å². The van der Waals surface area contributed by atoms with Crippen molar-refractivity contribution in [3.8, 4) is 0 Å². The Morgan fingerprint density at radius 1 is 1.00 bits per heavy atom. The van der Waals surface area contributed by atoms with Crippen LogP contribution in [0.3, 0.4) is 0 Å². The van der Waals surface area contributed by atoms with Crippen molar-refractivity contribution >= 4 is 12.2 Å². The first-order chi connectivity index (χ1) is 13.7. The minimum Gasteiger partial charge on any atom is -0.351 e. The highest BCUT2D eigenvalue weighted by atomic mass is 16.2. The third-order valence-electron chi connectivity index (χ3n) is 4.75. The second-order valence-corrected chi connectivity index (χ2v) is 6.85. The number of hydrogen-bond acceptors (Lipinski definition) is 3. The maximum Gasteiger partial charge on any atom is 0.224 e. The lowest BCUT2D eigenvalue weighted by atomic mass is 9.91. The van der Waals surface area contributed by atoms with Crippen LogP contribution in [0.25, 0.3) is 0 Å². The first kappa shape index (κ1) is 19.5. The Labute approximate surface area is 165 Å². The normalized spacial score (nSPS) is 12.9. The summed E-state index contributed by atoms with van der Waals surface area (Å²) in [5, 5.41) is 2.85. The predicted octanol–water partition coefficient (Wildman–Crippen LogP) is 3.04. The summed E-state index contributed by atoms with van der Waals surface area (Å²) in [6.45, 7) is 0. The molecule has 0 saturated carbocycles. The molecule has 0 aliphatic rings. The van der Waals surface area contributed by atoms with Crippen LogP contribution in [0.4, 0.5) is 0 Å². The lowest BCUT2D eigenvalue weighted by Crippen LogP contribution is -2.42. The second kappa shape index (κ2) is 10.2. The fraction of sp³-hybridized carbons (Fsp3) is 0.261. The zero-order chi connectivity index (χ0) is 19.6. The number of rotatable bonds is 10. The monoisotopic (exact) mass is 374 g/mol. The number of carbonyl (C=O) groups excluding carboxylic acids is 2. The first-order valence-corrected chi connectivity index (χ1v) is 9.48. The largest absolute Gasteiger partial charge is 0.351 e. The van der Waals surface area contributed by atoms with Gasteiger partial charge in [0.25, 0.3) is 0 Å². The molecule has 1 aromatic heterocycles. The van der Waals surface area contributed by atoms with E-state index in [1.165, 1.54) is 5.56 Å². The zero-order valence-corrected chi connectivity index (χ0v) is 15.7. The summed E-state index contributed by atoms with van der Waals surface area (Å²) in [5.74, 6) is -0.346. The average Bonchev–Trinajstić information content (AvgIpc) is 3.25. The third-order valence-corrected chi connectivity index (χ3v) is 4.75. The van der Waals surface area contributed by atoms with E-state index in [4.69, 9.17) is 0 Å². The molecule has 3 rings (SSSR count). The van der Waals surface area contributed by atoms with E-state index in [9.17, 15) is 9.59 Å². The van der Waals surface area contributed by atoms with Crippen LogP contribution in [-0.2, 0) is 28.9 Å². The van der Waals surface area contributed by atoms with Crippen molar-refractivity contribution in [1.82, 2.24) is 15.3 Å². The number of nitrogens with zero attached hydrogens (tertiary/aromatic N) is 1. The Bertz CT molecular complexity index is 848. The number of carbonyl (C=O) groups is 1. The van der Waals surface area contributed by atoms with Gasteiger partial charge in [0, 0.05) is 18.5 Å². The topological polar surface area (TPSA) is 74.8 Å². The van der Waals surface area contributed by atoms with E-state index in [0.717, 1.165) is 17.7 Å². The molecule has 0 spiro atoms. The van der Waals surface area contributed by atoms with E-state index in [1.54, 1.807) is 12.5 Å². The van der Waals surface area contributed by atoms with Crippen LogP contribution >= 0.6 is 0 Å². The van der Waals surface area contributed by atoms with Crippen LogP contribution < -0.4 is 5.32 Å². The molecule has 2 aromatic carbocycles. The van der Waals surface area contributed by atoms with Gasteiger partial charge >= 0.3 is 0 Å². The lowest BCUT2D eigenvalue weighted by Gasteiger charge is -2.19. The molecule has 0 aliphatic heterocycles. The molecule has 0 aliphatic carbocycles. The van der Waals surface area contributed by atoms with Gasteiger partial charge < -0.3 is 10.3 Å². The molecule has 143 valence electrons. The van der Waals surface area contributed by atoms with E-state index >= 15 is 0 Å². The summed E-state index contributed by atoms with van der Waals surface area (Å²) >= 11 is 0. The average molecular weight is 374 g/mol. The number of aryl methyl sites for hydroxylation is 1. The smallest absolute Gasteiger partial charge is 0.224 e. The molecule has 2 N–H and O–H groups in total. The SMILES string of the molecule is O=[C]C(Cc1c[nH]cn1)NC(=O)C(CCc1ccccc1)Cc1ccccc1. The van der Waals surface area contributed by atoms with Gasteiger partial charge in [-0.05, 0) is 30.4 Å². The number of aromatic amines is 1. The summed E-state index contributed by atoms with van der Waals surface area (Å²) in [4.78, 5) is 31.3. The highest BCUT2D eigenvalue weighted by Gasteiger charge is 2.22. The molecule has 0 fully saturated rings. The number of H-pyrrole nitrogens is 1. The number of benzene rings is 2. The minimum atomic E-state index is -0.703. The molecule has 1 radical (unpaired) electrons. The summed E-state index contributed by atoms with van der Waals surface area (Å²) in [6, 6.07) is 19.4. The number of nitrogens with one attached hydrogen (secondary N) is 2. The van der Waals surface area contributed by atoms with Crippen molar-refractivity contribution in [3.63, 3.8) is 0 Å². The Kier molecular flexibility index (Phi) is 7.13. The number of hydrogen-bond donors (Lipinski definition) is 2. The van der Waals surface area contributed by atoms with Gasteiger partial charge in [0.05, 0.1) is 12.0 Å². The molecule has 2 unspecified atom stereocenters. The summed E-state index contributed by atoms with van der Waals surface area (Å²) in [7, 11) is 0. The van der Waals surface area contributed by atoms with Crippen LogP contribution in [0.15, 0.2) is 73.2 Å². The van der Waals surface area contributed by atoms with Crippen molar-refractivity contribution in [2.45, 2.75) is 31.7 Å². The van der Waals surface area contributed by atoms with Gasteiger partial charge in [-0.2, -0.15) is 0 Å². The molecule has 1 amide bonds. The van der Waals surface area contributed by atoms with Gasteiger partial charge in [-0.3, -0.25) is 9.59 Å². The van der Waals surface area contributed by atoms with E-state index in [1.807, 2.05) is 54.8 Å². The molecular weight excluding hydrogens is 350 g/mol. The highest BCUT2D eigenvalue weighted by molar-refractivity contribution is 5.82. The van der Waals surface area contributed by atoms with Crippen molar-refractivity contribution < 1.29 is 9.59 Å². The molecule has 3 aromatic rings. The summed E-state index contributed by atoms with van der Waals surface area (Å²) < 4.78 is 0. The van der Waals surface area contributed by atoms with E-state index in [2.05, 4.69) is 27.4 Å². The van der Waals surface area contributed by atoms with Gasteiger partial charge in [-0.1, -0.05) is 60.7 Å². The van der Waals surface area contributed by atoms with Crippen LogP contribution in [0.1, 0.15) is 23.2 Å². The standard InChI is InChI=1S/C23H24N3O2/c27-16-22(14-21-15-24-17-25-21)26-23(28)20(13-19-9-5-2-6-10-19)12-11-18-7-3-1-4-8-18/h1-10,15,17,20,22H,11-14H2,(H,24,25)(H,26,28). The van der Waals surface area contributed by atoms with Crippen molar-refractivity contribution in [1.29, 1.82) is 0 Å². The van der Waals surface area contributed by atoms with E-state index < -0.39 is 6.04 Å². The van der Waals surface area contributed by atoms with Gasteiger partial charge in [0.15, 0.2) is 0 Å². The predicted molar refractivity (Wildman–Crippen MR) is 108 cm³/mol. The van der Waals surface area contributed by atoms with Gasteiger partial charge in [0.2, 0.25) is 12.2 Å². The molecule has 28 heavy (non-hydrogen) atoms. The highest BCUT2D eigenvalue weighted by Crippen LogP contribution is 2.17. The Balaban J connectivity index is 1.66. The molecule has 0 bridgehead atoms. The fourth-order valence-corrected chi connectivity index (χ4v) is 3.23. The lowest BCUT2D eigenvalue weighted by molar-refractivity contribution is -0.125. The first-order valence-electron chi connectivity index (χ1n) is 9.48. The number of imidazole rings is 1. The summed E-state index contributed by atoms with van der Waals surface area (Å²) in [6.07, 6.45) is 7.67. The zero-order valence-electron chi connectivity index (χ0n) is 15.7. The molecule has 1 heterocycles. The summed E-state index contributed by atoms with van der Waals surface area (Å²) in [5.41, 5.74) is 3.02. The Morgan fingerprint density at radius 2 is 1.68 bits per heavy atom. The van der Waals surface area contributed by atoms with Gasteiger partial charge in [-0.25, -0.2) is 4.98 Å². The van der Waals surface area contributed by atoms with Crippen molar-refractivity contribution in [2.24, 2.45) is 5.92 Å². The minimum absolute atomic E-state index is 0.122. The van der Waals surface area contributed by atoms with Gasteiger partial charge in [0.1, 0.15) is 6.04 Å². The third kappa shape index (κ3) is 5.91.